The van der Waals surface area contributed by atoms with Gasteiger partial charge >= 0.3 is 11.9 Å². The predicted molar refractivity (Wildman–Crippen MR) is 46.2 cm³/mol. The lowest BCUT2D eigenvalue weighted by Crippen LogP contribution is -2.22. The van der Waals surface area contributed by atoms with Gasteiger partial charge in [-0.05, 0) is 0 Å². The molecular weight excluding hydrogens is 190 g/mol. The Bertz CT molecular complexity index is 281. The summed E-state index contributed by atoms with van der Waals surface area (Å²) in [6, 6.07) is 0. The summed E-state index contributed by atoms with van der Waals surface area (Å²) in [5.74, 6) is -2.30. The van der Waals surface area contributed by atoms with Crippen LogP contribution in [0.4, 0.5) is 0 Å². The molecule has 0 rings (SSSR count). The first kappa shape index (κ1) is 12.2. The zero-order chi connectivity index (χ0) is 11.1. The Morgan fingerprint density at radius 3 is 2.36 bits per heavy atom. The molecule has 0 atom stereocenters. The second-order valence-corrected chi connectivity index (χ2v) is 2.44. The first-order chi connectivity index (χ1) is 6.45. The standard InChI is InChI=1S/C8H11NO5/c1-5(10)9-6(3-7(11)12)4-8(13)14-2/h3H,4H2,1-2H3,(H,9,10)(H,11,12)/b6-3-. The third-order valence-corrected chi connectivity index (χ3v) is 1.20. The Kier molecular flexibility index (Phi) is 4.98. The second kappa shape index (κ2) is 5.74. The first-order valence-electron chi connectivity index (χ1n) is 3.73. The van der Waals surface area contributed by atoms with E-state index in [1.54, 1.807) is 0 Å². The van der Waals surface area contributed by atoms with Crippen molar-refractivity contribution in [2.75, 3.05) is 7.11 Å². The molecule has 14 heavy (non-hydrogen) atoms. The highest BCUT2D eigenvalue weighted by Gasteiger charge is 2.08. The molecule has 6 heteroatoms. The largest absolute Gasteiger partial charge is 0.478 e. The van der Waals surface area contributed by atoms with E-state index in [1.807, 2.05) is 0 Å². The monoisotopic (exact) mass is 201 g/mol. The Balaban J connectivity index is 4.48. The molecule has 0 fully saturated rings. The molecule has 0 bridgehead atoms. The van der Waals surface area contributed by atoms with Gasteiger partial charge < -0.3 is 15.2 Å². The summed E-state index contributed by atoms with van der Waals surface area (Å²) in [7, 11) is 1.18. The molecule has 0 saturated heterocycles. The maximum Gasteiger partial charge on any atom is 0.330 e. The number of rotatable bonds is 4. The summed E-state index contributed by atoms with van der Waals surface area (Å²) in [6.45, 7) is 1.22. The highest BCUT2D eigenvalue weighted by Crippen LogP contribution is 1.98. The zero-order valence-electron chi connectivity index (χ0n) is 7.86. The van der Waals surface area contributed by atoms with Crippen molar-refractivity contribution in [2.45, 2.75) is 13.3 Å². The minimum atomic E-state index is -1.24. The third-order valence-electron chi connectivity index (χ3n) is 1.20. The van der Waals surface area contributed by atoms with Crippen molar-refractivity contribution in [3.05, 3.63) is 11.8 Å². The summed E-state index contributed by atoms with van der Waals surface area (Å²) in [4.78, 5) is 31.7. The van der Waals surface area contributed by atoms with Crippen molar-refractivity contribution in [1.82, 2.24) is 5.32 Å². The van der Waals surface area contributed by atoms with Crippen molar-refractivity contribution < 1.29 is 24.2 Å². The maximum absolute atomic E-state index is 10.8. The smallest absolute Gasteiger partial charge is 0.330 e. The Labute approximate surface area is 80.5 Å². The molecule has 6 nitrogen and oxygen atoms in total. The summed E-state index contributed by atoms with van der Waals surface area (Å²) < 4.78 is 4.32. The third kappa shape index (κ3) is 5.76. The molecule has 0 aromatic heterocycles. The Morgan fingerprint density at radius 2 is 2.00 bits per heavy atom. The van der Waals surface area contributed by atoms with Crippen LogP contribution in [0.3, 0.4) is 0 Å². The van der Waals surface area contributed by atoms with Crippen LogP contribution >= 0.6 is 0 Å². The number of carboxylic acid groups (broad SMARTS) is 1. The predicted octanol–water partition coefficient (Wildman–Crippen LogP) is -0.346. The second-order valence-electron chi connectivity index (χ2n) is 2.44. The maximum atomic E-state index is 10.8. The van der Waals surface area contributed by atoms with Crippen LogP contribution < -0.4 is 5.32 Å². The van der Waals surface area contributed by atoms with Gasteiger partial charge in [0.05, 0.1) is 13.5 Å². The zero-order valence-corrected chi connectivity index (χ0v) is 7.86. The van der Waals surface area contributed by atoms with E-state index < -0.39 is 17.8 Å². The molecule has 0 aromatic carbocycles. The van der Waals surface area contributed by atoms with Crippen LogP contribution in [0.1, 0.15) is 13.3 Å². The number of esters is 1. The number of carbonyl (C=O) groups is 3. The van der Waals surface area contributed by atoms with Crippen LogP contribution in [0.25, 0.3) is 0 Å². The van der Waals surface area contributed by atoms with Gasteiger partial charge in [-0.2, -0.15) is 0 Å². The number of nitrogens with one attached hydrogen (secondary N) is 1. The molecule has 0 aliphatic heterocycles. The van der Waals surface area contributed by atoms with Crippen molar-refractivity contribution >= 4 is 17.8 Å². The summed E-state index contributed by atoms with van der Waals surface area (Å²) in [5.41, 5.74) is -0.00292. The number of aliphatic carboxylic acids is 1. The van der Waals surface area contributed by atoms with E-state index in [-0.39, 0.29) is 12.1 Å². The molecular formula is C8H11NO5. The first-order valence-corrected chi connectivity index (χ1v) is 3.73. The van der Waals surface area contributed by atoms with Gasteiger partial charge in [0.2, 0.25) is 5.91 Å². The molecule has 1 amide bonds. The fourth-order valence-electron chi connectivity index (χ4n) is 0.734. The highest BCUT2D eigenvalue weighted by atomic mass is 16.5. The van der Waals surface area contributed by atoms with Gasteiger partial charge in [-0.25, -0.2) is 4.79 Å². The van der Waals surface area contributed by atoms with Gasteiger partial charge in [0.1, 0.15) is 0 Å². The fourth-order valence-corrected chi connectivity index (χ4v) is 0.734. The van der Waals surface area contributed by atoms with Gasteiger partial charge in [-0.3, -0.25) is 9.59 Å². The van der Waals surface area contributed by atoms with Crippen LogP contribution in [0.15, 0.2) is 11.8 Å². The lowest BCUT2D eigenvalue weighted by atomic mass is 10.3. The van der Waals surface area contributed by atoms with E-state index in [0.717, 1.165) is 6.08 Å². The molecule has 0 aromatic rings. The lowest BCUT2D eigenvalue weighted by molar-refractivity contribution is -0.139. The lowest BCUT2D eigenvalue weighted by Gasteiger charge is -2.05. The molecule has 0 aliphatic rings. The molecule has 0 unspecified atom stereocenters. The van der Waals surface area contributed by atoms with Gasteiger partial charge in [-0.1, -0.05) is 0 Å². The number of methoxy groups -OCH3 is 1. The quantitative estimate of drug-likeness (QED) is 0.479. The van der Waals surface area contributed by atoms with E-state index in [4.69, 9.17) is 5.11 Å². The van der Waals surface area contributed by atoms with Crippen LogP contribution in [0.5, 0.6) is 0 Å². The Morgan fingerprint density at radius 1 is 1.43 bits per heavy atom. The molecule has 0 heterocycles. The number of ether oxygens (including phenoxy) is 1. The number of hydrogen-bond donors (Lipinski definition) is 2. The fraction of sp³-hybridized carbons (Fsp3) is 0.375. The van der Waals surface area contributed by atoms with E-state index in [0.29, 0.717) is 0 Å². The van der Waals surface area contributed by atoms with Gasteiger partial charge in [0.15, 0.2) is 0 Å². The van der Waals surface area contributed by atoms with Crippen LogP contribution in [-0.4, -0.2) is 30.1 Å². The molecule has 0 radical (unpaired) electrons. The SMILES string of the molecule is COC(=O)C/C(=C/C(=O)O)NC(C)=O. The van der Waals surface area contributed by atoms with Crippen LogP contribution in [-0.2, 0) is 19.1 Å². The summed E-state index contributed by atoms with van der Waals surface area (Å²) in [6.07, 6.45) is 0.473. The molecule has 0 spiro atoms. The van der Waals surface area contributed by atoms with E-state index in [9.17, 15) is 14.4 Å². The van der Waals surface area contributed by atoms with E-state index >= 15 is 0 Å². The van der Waals surface area contributed by atoms with Crippen LogP contribution in [0.2, 0.25) is 0 Å². The number of carbonyl (C=O) groups excluding carboxylic acids is 2. The number of carboxylic acids is 1. The van der Waals surface area contributed by atoms with Crippen molar-refractivity contribution in [1.29, 1.82) is 0 Å². The van der Waals surface area contributed by atoms with Gasteiger partial charge in [0.25, 0.3) is 0 Å². The highest BCUT2D eigenvalue weighted by molar-refractivity contribution is 5.85. The number of hydrogen-bond acceptors (Lipinski definition) is 4. The molecule has 2 N–H and O–H groups in total. The summed E-state index contributed by atoms with van der Waals surface area (Å²) in [5, 5.41) is 10.6. The molecule has 0 aliphatic carbocycles. The van der Waals surface area contributed by atoms with Gasteiger partial charge in [0, 0.05) is 18.7 Å². The normalized spacial score (nSPS) is 10.6. The minimum Gasteiger partial charge on any atom is -0.478 e. The van der Waals surface area contributed by atoms with E-state index in [1.165, 1.54) is 14.0 Å². The topological polar surface area (TPSA) is 92.7 Å². The van der Waals surface area contributed by atoms with Crippen molar-refractivity contribution in [3.63, 3.8) is 0 Å². The molecule has 78 valence electrons. The van der Waals surface area contributed by atoms with Crippen LogP contribution in [0, 0.1) is 0 Å². The minimum absolute atomic E-state index is 0.00292. The number of amides is 1. The Hall–Kier alpha value is -1.85. The van der Waals surface area contributed by atoms with Crippen molar-refractivity contribution in [3.8, 4) is 0 Å². The summed E-state index contributed by atoms with van der Waals surface area (Å²) >= 11 is 0. The van der Waals surface area contributed by atoms with Crippen molar-refractivity contribution in [2.24, 2.45) is 0 Å². The average Bonchev–Trinajstić information content (AvgIpc) is 2.01. The average molecular weight is 201 g/mol. The van der Waals surface area contributed by atoms with E-state index in [2.05, 4.69) is 10.1 Å². The molecule has 0 saturated carbocycles. The van der Waals surface area contributed by atoms with Gasteiger partial charge in [-0.15, -0.1) is 0 Å².